The summed E-state index contributed by atoms with van der Waals surface area (Å²) in [6.45, 7) is 2.34. The van der Waals surface area contributed by atoms with Crippen molar-refractivity contribution in [2.24, 2.45) is 5.92 Å². The number of aryl methyl sites for hydroxylation is 1. The summed E-state index contributed by atoms with van der Waals surface area (Å²) in [6.07, 6.45) is 1.38. The van der Waals surface area contributed by atoms with E-state index in [1.807, 2.05) is 43.3 Å². The molecule has 2 aromatic carbocycles. The second kappa shape index (κ2) is 8.44. The molecule has 0 aromatic heterocycles. The van der Waals surface area contributed by atoms with Crippen molar-refractivity contribution in [1.82, 2.24) is 4.90 Å². The molecular weight excluding hydrogens is 364 g/mol. The smallest absolute Gasteiger partial charge is 0.243 e. The molecule has 0 spiro atoms. The van der Waals surface area contributed by atoms with Crippen LogP contribution in [-0.4, -0.2) is 36.9 Å². The Labute approximate surface area is 164 Å². The lowest BCUT2D eigenvalue weighted by atomic mass is 9.95. The topological polar surface area (TPSA) is 58.6 Å². The number of carbonyl (C=O) groups excluding carboxylic acids is 2. The maximum atomic E-state index is 12.7. The highest BCUT2D eigenvalue weighted by Gasteiger charge is 2.29. The normalized spacial score (nSPS) is 15.4. The van der Waals surface area contributed by atoms with Crippen molar-refractivity contribution < 1.29 is 14.3 Å². The predicted octanol–water partition coefficient (Wildman–Crippen LogP) is 3.55. The number of ether oxygens (including phenoxy) is 1. The number of likely N-dealkylation sites (N-methyl/N-ethyl adjacent to an activating group) is 1. The van der Waals surface area contributed by atoms with Crippen LogP contribution in [0, 0.1) is 5.92 Å². The third-order valence-electron chi connectivity index (χ3n) is 4.71. The molecular formula is C21H23ClN2O3. The summed E-state index contributed by atoms with van der Waals surface area (Å²) in [5, 5.41) is 3.51. The molecule has 2 aromatic rings. The molecule has 0 aliphatic carbocycles. The Kier molecular flexibility index (Phi) is 6.01. The quantitative estimate of drug-likeness (QED) is 0.854. The minimum atomic E-state index is -0.323. The highest BCUT2D eigenvalue weighted by Crippen LogP contribution is 2.30. The average molecular weight is 387 g/mol. The van der Waals surface area contributed by atoms with E-state index < -0.39 is 0 Å². The number of halogens is 1. The standard InChI is InChI=1S/C21H23ClN2O3/c1-3-14-6-4-5-7-18(14)23-20(25)12-24(2)21(26)16-10-15-11-17(22)8-9-19(15)27-13-16/h4-9,11,16H,3,10,12-13H2,1-2H3,(H,23,25)/t16-/m0/s1. The molecule has 27 heavy (non-hydrogen) atoms. The van der Waals surface area contributed by atoms with E-state index in [-0.39, 0.29) is 24.3 Å². The molecule has 1 aliphatic heterocycles. The molecule has 1 N–H and O–H groups in total. The van der Waals surface area contributed by atoms with Crippen LogP contribution in [0.3, 0.4) is 0 Å². The summed E-state index contributed by atoms with van der Waals surface area (Å²) in [4.78, 5) is 26.6. The lowest BCUT2D eigenvalue weighted by molar-refractivity contribution is -0.138. The van der Waals surface area contributed by atoms with Gasteiger partial charge in [0.25, 0.3) is 0 Å². The highest BCUT2D eigenvalue weighted by molar-refractivity contribution is 6.30. The first-order valence-corrected chi connectivity index (χ1v) is 9.39. The van der Waals surface area contributed by atoms with Crippen molar-refractivity contribution in [2.75, 3.05) is 25.5 Å². The number of para-hydroxylation sites is 1. The molecule has 5 nitrogen and oxygen atoms in total. The largest absolute Gasteiger partial charge is 0.492 e. The van der Waals surface area contributed by atoms with Crippen LogP contribution < -0.4 is 10.1 Å². The highest BCUT2D eigenvalue weighted by atomic mass is 35.5. The maximum Gasteiger partial charge on any atom is 0.243 e. The minimum absolute atomic E-state index is 0.00418. The van der Waals surface area contributed by atoms with E-state index in [0.29, 0.717) is 18.1 Å². The fourth-order valence-electron chi connectivity index (χ4n) is 3.27. The van der Waals surface area contributed by atoms with E-state index in [0.717, 1.165) is 29.0 Å². The number of fused-ring (bicyclic) bond motifs is 1. The summed E-state index contributed by atoms with van der Waals surface area (Å²) in [5.74, 6) is 0.114. The molecule has 1 atom stereocenters. The maximum absolute atomic E-state index is 12.7. The van der Waals surface area contributed by atoms with Gasteiger partial charge in [-0.15, -0.1) is 0 Å². The Balaban J connectivity index is 1.60. The number of hydrogen-bond donors (Lipinski definition) is 1. The van der Waals surface area contributed by atoms with E-state index in [2.05, 4.69) is 5.32 Å². The van der Waals surface area contributed by atoms with Gasteiger partial charge in [0.15, 0.2) is 0 Å². The Morgan fingerprint density at radius 1 is 1.26 bits per heavy atom. The van der Waals surface area contributed by atoms with Gasteiger partial charge in [0.1, 0.15) is 12.4 Å². The van der Waals surface area contributed by atoms with Crippen molar-refractivity contribution in [1.29, 1.82) is 0 Å². The van der Waals surface area contributed by atoms with E-state index >= 15 is 0 Å². The van der Waals surface area contributed by atoms with Crippen molar-refractivity contribution in [3.05, 3.63) is 58.6 Å². The molecule has 0 fully saturated rings. The van der Waals surface area contributed by atoms with Gasteiger partial charge in [-0.2, -0.15) is 0 Å². The van der Waals surface area contributed by atoms with Crippen molar-refractivity contribution in [3.8, 4) is 5.75 Å². The molecule has 142 valence electrons. The van der Waals surface area contributed by atoms with Gasteiger partial charge in [0, 0.05) is 17.8 Å². The van der Waals surface area contributed by atoms with Gasteiger partial charge in [0.05, 0.1) is 12.5 Å². The number of benzene rings is 2. The van der Waals surface area contributed by atoms with Gasteiger partial charge in [-0.1, -0.05) is 36.7 Å². The van der Waals surface area contributed by atoms with Crippen LogP contribution in [0.15, 0.2) is 42.5 Å². The fourth-order valence-corrected chi connectivity index (χ4v) is 3.46. The lowest BCUT2D eigenvalue weighted by Gasteiger charge is -2.28. The van der Waals surface area contributed by atoms with E-state index in [1.54, 1.807) is 13.1 Å². The first-order valence-electron chi connectivity index (χ1n) is 9.02. The van der Waals surface area contributed by atoms with Crippen LogP contribution in [0.1, 0.15) is 18.1 Å². The summed E-state index contributed by atoms with van der Waals surface area (Å²) < 4.78 is 5.69. The minimum Gasteiger partial charge on any atom is -0.492 e. The van der Waals surface area contributed by atoms with Crippen molar-refractivity contribution in [2.45, 2.75) is 19.8 Å². The summed E-state index contributed by atoms with van der Waals surface area (Å²) in [6, 6.07) is 13.1. The SMILES string of the molecule is CCc1ccccc1NC(=O)CN(C)C(=O)[C@@H]1COc2ccc(Cl)cc2C1. The number of nitrogens with zero attached hydrogens (tertiary/aromatic N) is 1. The second-order valence-corrected chi connectivity index (χ2v) is 7.15. The molecule has 1 aliphatic rings. The number of anilines is 1. The molecule has 3 rings (SSSR count). The van der Waals surface area contributed by atoms with Crippen LogP contribution in [0.25, 0.3) is 0 Å². The Morgan fingerprint density at radius 3 is 2.81 bits per heavy atom. The predicted molar refractivity (Wildman–Crippen MR) is 106 cm³/mol. The number of amides is 2. The molecule has 0 saturated heterocycles. The van der Waals surface area contributed by atoms with Crippen LogP contribution >= 0.6 is 11.6 Å². The van der Waals surface area contributed by atoms with Gasteiger partial charge in [0.2, 0.25) is 11.8 Å². The molecule has 1 heterocycles. The molecule has 0 unspecified atom stereocenters. The van der Waals surface area contributed by atoms with Gasteiger partial charge in [-0.3, -0.25) is 9.59 Å². The van der Waals surface area contributed by atoms with E-state index in [1.165, 1.54) is 4.90 Å². The van der Waals surface area contributed by atoms with Crippen molar-refractivity contribution in [3.63, 3.8) is 0 Å². The summed E-state index contributed by atoms with van der Waals surface area (Å²) in [5.41, 5.74) is 2.77. The number of carbonyl (C=O) groups is 2. The zero-order valence-corrected chi connectivity index (χ0v) is 16.3. The molecule has 0 bridgehead atoms. The summed E-state index contributed by atoms with van der Waals surface area (Å²) >= 11 is 6.03. The summed E-state index contributed by atoms with van der Waals surface area (Å²) in [7, 11) is 1.64. The molecule has 0 saturated carbocycles. The van der Waals surface area contributed by atoms with Crippen LogP contribution in [0.5, 0.6) is 5.75 Å². The van der Waals surface area contributed by atoms with Gasteiger partial charge in [-0.25, -0.2) is 0 Å². The van der Waals surface area contributed by atoms with Gasteiger partial charge >= 0.3 is 0 Å². The van der Waals surface area contributed by atoms with Crippen molar-refractivity contribution >= 4 is 29.1 Å². The Bertz CT molecular complexity index is 853. The monoisotopic (exact) mass is 386 g/mol. The first kappa shape index (κ1) is 19.2. The Hall–Kier alpha value is -2.53. The van der Waals surface area contributed by atoms with Gasteiger partial charge < -0.3 is 15.0 Å². The zero-order chi connectivity index (χ0) is 19.4. The van der Waals surface area contributed by atoms with Gasteiger partial charge in [-0.05, 0) is 48.2 Å². The third-order valence-corrected chi connectivity index (χ3v) is 4.94. The van der Waals surface area contributed by atoms with E-state index in [4.69, 9.17) is 16.3 Å². The molecule has 2 amide bonds. The lowest BCUT2D eigenvalue weighted by Crippen LogP contribution is -2.42. The third kappa shape index (κ3) is 4.61. The molecule has 0 radical (unpaired) electrons. The Morgan fingerprint density at radius 2 is 2.04 bits per heavy atom. The number of nitrogens with one attached hydrogen (secondary N) is 1. The second-order valence-electron chi connectivity index (χ2n) is 6.72. The first-order chi connectivity index (χ1) is 13.0. The van der Waals surface area contributed by atoms with Crippen LogP contribution in [-0.2, 0) is 22.4 Å². The fraction of sp³-hybridized carbons (Fsp3) is 0.333. The number of hydrogen-bond acceptors (Lipinski definition) is 3. The number of rotatable bonds is 5. The van der Waals surface area contributed by atoms with Crippen LogP contribution in [0.2, 0.25) is 5.02 Å². The molecule has 6 heteroatoms. The van der Waals surface area contributed by atoms with Crippen LogP contribution in [0.4, 0.5) is 5.69 Å². The average Bonchev–Trinajstić information content (AvgIpc) is 2.67. The van der Waals surface area contributed by atoms with E-state index in [9.17, 15) is 9.59 Å². The zero-order valence-electron chi connectivity index (χ0n) is 15.5.